The Labute approximate surface area is 70.2 Å². The van der Waals surface area contributed by atoms with Gasteiger partial charge < -0.3 is 4.74 Å². The molecule has 1 heterocycles. The third-order valence-electron chi connectivity index (χ3n) is 1.15. The number of carbonyl (C=O) groups is 1. The summed E-state index contributed by atoms with van der Waals surface area (Å²) in [5.74, 6) is 0.182. The average Bonchev–Trinajstić information content (AvgIpc) is 1.83. The Morgan fingerprint density at radius 3 is 2.11 bits per heavy atom. The van der Waals surface area contributed by atoms with Gasteiger partial charge in [-0.05, 0) is 0 Å². The van der Waals surface area contributed by atoms with E-state index in [4.69, 9.17) is 4.74 Å². The van der Waals surface area contributed by atoms with Gasteiger partial charge in [0.1, 0.15) is 0 Å². The number of halogens is 2. The Hall–Kier alpha value is 0.590. The first-order chi connectivity index (χ1) is 4.22. The highest BCUT2D eigenvalue weighted by Crippen LogP contribution is 2.16. The van der Waals surface area contributed by atoms with E-state index in [9.17, 15) is 4.79 Å². The fraction of sp³-hybridized carbons (Fsp3) is 0.800. The Bertz CT molecular complexity index is 114. The lowest BCUT2D eigenvalue weighted by atomic mass is 10.2. The molecule has 0 aromatic heterocycles. The number of Topliss-reactive ketones (excluding diaryl/α,β-unsaturated/α-hetero) is 1. The van der Waals surface area contributed by atoms with Crippen LogP contribution in [0.4, 0.5) is 0 Å². The molecule has 1 rings (SSSR count). The summed E-state index contributed by atoms with van der Waals surface area (Å²) in [5, 5.41) is 0. The van der Waals surface area contributed by atoms with Crippen LogP contribution in [0.5, 0.6) is 0 Å². The van der Waals surface area contributed by atoms with Crippen molar-refractivity contribution in [2.75, 3.05) is 13.2 Å². The zero-order valence-corrected chi connectivity index (χ0v) is 7.81. The number of carbonyl (C=O) groups excluding carboxylic acids is 1. The molecular formula is C5H6Br2O2. The molecule has 0 saturated carbocycles. The third-order valence-corrected chi connectivity index (χ3v) is 2.58. The van der Waals surface area contributed by atoms with Crippen molar-refractivity contribution in [2.45, 2.75) is 9.65 Å². The predicted molar refractivity (Wildman–Crippen MR) is 41.3 cm³/mol. The minimum atomic E-state index is -0.115. The van der Waals surface area contributed by atoms with E-state index in [0.29, 0.717) is 13.2 Å². The van der Waals surface area contributed by atoms with Crippen molar-refractivity contribution < 1.29 is 9.53 Å². The molecule has 52 valence electrons. The monoisotopic (exact) mass is 256 g/mol. The molecule has 1 aliphatic heterocycles. The van der Waals surface area contributed by atoms with Gasteiger partial charge in [-0.15, -0.1) is 0 Å². The Balaban J connectivity index is 2.52. The lowest BCUT2D eigenvalue weighted by molar-refractivity contribution is -0.122. The van der Waals surface area contributed by atoms with E-state index < -0.39 is 0 Å². The van der Waals surface area contributed by atoms with E-state index in [1.165, 1.54) is 0 Å². The van der Waals surface area contributed by atoms with Crippen LogP contribution < -0.4 is 0 Å². The molecule has 0 N–H and O–H groups in total. The zero-order chi connectivity index (χ0) is 6.85. The second-order valence-electron chi connectivity index (χ2n) is 1.87. The van der Waals surface area contributed by atoms with E-state index in [1.54, 1.807) is 0 Å². The molecule has 1 saturated heterocycles. The van der Waals surface area contributed by atoms with Gasteiger partial charge in [0.15, 0.2) is 5.78 Å². The van der Waals surface area contributed by atoms with Crippen molar-refractivity contribution in [1.29, 1.82) is 0 Å². The van der Waals surface area contributed by atoms with Gasteiger partial charge >= 0.3 is 0 Å². The summed E-state index contributed by atoms with van der Waals surface area (Å²) >= 11 is 6.38. The number of hydrogen-bond donors (Lipinski definition) is 0. The van der Waals surface area contributed by atoms with E-state index >= 15 is 0 Å². The Morgan fingerprint density at radius 2 is 1.78 bits per heavy atom. The summed E-state index contributed by atoms with van der Waals surface area (Å²) in [4.78, 5) is 10.7. The second kappa shape index (κ2) is 3.12. The van der Waals surface area contributed by atoms with Gasteiger partial charge in [0.2, 0.25) is 0 Å². The number of hydrogen-bond acceptors (Lipinski definition) is 2. The van der Waals surface area contributed by atoms with Crippen molar-refractivity contribution in [2.24, 2.45) is 0 Å². The fourth-order valence-corrected chi connectivity index (χ4v) is 2.00. The van der Waals surface area contributed by atoms with Crippen LogP contribution in [0.3, 0.4) is 0 Å². The summed E-state index contributed by atoms with van der Waals surface area (Å²) < 4.78 is 5.05. The van der Waals surface area contributed by atoms with E-state index in [1.807, 2.05) is 0 Å². The number of ketones is 1. The van der Waals surface area contributed by atoms with Gasteiger partial charge in [0.05, 0.1) is 22.9 Å². The molecule has 2 nitrogen and oxygen atoms in total. The highest BCUT2D eigenvalue weighted by molar-refractivity contribution is 9.10. The van der Waals surface area contributed by atoms with Gasteiger partial charge in [0.25, 0.3) is 0 Å². The van der Waals surface area contributed by atoms with Crippen LogP contribution in [-0.2, 0) is 9.53 Å². The van der Waals surface area contributed by atoms with Crippen molar-refractivity contribution in [3.63, 3.8) is 0 Å². The normalized spacial score (nSPS) is 36.9. The first kappa shape index (κ1) is 7.69. The first-order valence-electron chi connectivity index (χ1n) is 2.61. The van der Waals surface area contributed by atoms with E-state index in [2.05, 4.69) is 31.9 Å². The summed E-state index contributed by atoms with van der Waals surface area (Å²) in [6, 6.07) is 0. The minimum Gasteiger partial charge on any atom is -0.378 e. The lowest BCUT2D eigenvalue weighted by Crippen LogP contribution is -2.36. The van der Waals surface area contributed by atoms with Crippen molar-refractivity contribution >= 4 is 37.6 Å². The third kappa shape index (κ3) is 1.75. The molecule has 1 aliphatic rings. The molecule has 0 amide bonds. The molecular weight excluding hydrogens is 252 g/mol. The Kier molecular flexibility index (Phi) is 2.67. The van der Waals surface area contributed by atoms with Gasteiger partial charge in [-0.3, -0.25) is 4.79 Å². The molecule has 0 bridgehead atoms. The number of ether oxygens (including phenoxy) is 1. The molecule has 0 aliphatic carbocycles. The molecule has 0 aromatic rings. The lowest BCUT2D eigenvalue weighted by Gasteiger charge is -2.19. The van der Waals surface area contributed by atoms with Crippen molar-refractivity contribution in [3.8, 4) is 0 Å². The van der Waals surface area contributed by atoms with Crippen molar-refractivity contribution in [1.82, 2.24) is 0 Å². The van der Waals surface area contributed by atoms with Gasteiger partial charge in [-0.25, -0.2) is 0 Å². The highest BCUT2D eigenvalue weighted by atomic mass is 79.9. The van der Waals surface area contributed by atoms with Gasteiger partial charge in [-0.2, -0.15) is 0 Å². The second-order valence-corrected chi connectivity index (χ2v) is 4.09. The Morgan fingerprint density at radius 1 is 1.33 bits per heavy atom. The summed E-state index contributed by atoms with van der Waals surface area (Å²) in [7, 11) is 0. The SMILES string of the molecule is O=C1[C@H](Br)COC[C@@H]1Br. The largest absolute Gasteiger partial charge is 0.378 e. The maximum atomic E-state index is 11.0. The standard InChI is InChI=1S/C5H6Br2O2/c6-3-1-9-2-4(7)5(3)8/h3-4H,1-2H2/t3-,4+. The van der Waals surface area contributed by atoms with Crippen LogP contribution in [0, 0.1) is 0 Å². The van der Waals surface area contributed by atoms with Crippen LogP contribution in [0.2, 0.25) is 0 Å². The molecule has 2 atom stereocenters. The molecule has 4 heteroatoms. The smallest absolute Gasteiger partial charge is 0.164 e. The summed E-state index contributed by atoms with van der Waals surface area (Å²) in [6.07, 6.45) is 0. The maximum Gasteiger partial charge on any atom is 0.164 e. The minimum absolute atomic E-state index is 0.115. The quantitative estimate of drug-likeness (QED) is 0.608. The van der Waals surface area contributed by atoms with Crippen LogP contribution in [0.1, 0.15) is 0 Å². The topological polar surface area (TPSA) is 26.3 Å². The molecule has 0 radical (unpaired) electrons. The molecule has 1 fully saturated rings. The van der Waals surface area contributed by atoms with E-state index in [-0.39, 0.29) is 15.4 Å². The molecule has 0 unspecified atom stereocenters. The van der Waals surface area contributed by atoms with E-state index in [0.717, 1.165) is 0 Å². The van der Waals surface area contributed by atoms with Gasteiger partial charge in [0, 0.05) is 0 Å². The predicted octanol–water partition coefficient (Wildman–Crippen LogP) is 1.11. The fourth-order valence-electron chi connectivity index (χ4n) is 0.635. The van der Waals surface area contributed by atoms with Crippen LogP contribution in [-0.4, -0.2) is 28.7 Å². The van der Waals surface area contributed by atoms with Gasteiger partial charge in [-0.1, -0.05) is 31.9 Å². The van der Waals surface area contributed by atoms with Crippen LogP contribution >= 0.6 is 31.9 Å². The summed E-state index contributed by atoms with van der Waals surface area (Å²) in [6.45, 7) is 1.00. The summed E-state index contributed by atoms with van der Waals surface area (Å²) in [5.41, 5.74) is 0. The molecule has 0 aromatic carbocycles. The van der Waals surface area contributed by atoms with Crippen LogP contribution in [0.15, 0.2) is 0 Å². The number of alkyl halides is 2. The molecule has 0 spiro atoms. The first-order valence-corrected chi connectivity index (χ1v) is 4.44. The average molecular weight is 258 g/mol. The zero-order valence-electron chi connectivity index (χ0n) is 4.64. The van der Waals surface area contributed by atoms with Crippen molar-refractivity contribution in [3.05, 3.63) is 0 Å². The number of rotatable bonds is 0. The highest BCUT2D eigenvalue weighted by Gasteiger charge is 2.27. The van der Waals surface area contributed by atoms with Crippen LogP contribution in [0.25, 0.3) is 0 Å². The molecule has 9 heavy (non-hydrogen) atoms. The maximum absolute atomic E-state index is 11.0.